The zero-order chi connectivity index (χ0) is 25.6. The number of nitrogens with zero attached hydrogens (tertiary/aromatic N) is 2. The monoisotopic (exact) mass is 497 g/mol. The molecule has 0 aliphatic carbocycles. The molecule has 1 heterocycles. The largest absolute Gasteiger partial charge is 0.497 e. The highest BCUT2D eigenvalue weighted by molar-refractivity contribution is 7.89. The topological polar surface area (TPSA) is 109 Å². The molecule has 9 heteroatoms. The van der Waals surface area contributed by atoms with Crippen LogP contribution < -0.4 is 10.1 Å². The number of ether oxygens (including phenoxy) is 1. The Labute approximate surface area is 206 Å². The molecule has 0 aliphatic heterocycles. The average Bonchev–Trinajstić information content (AvgIpc) is 2.82. The van der Waals surface area contributed by atoms with Gasteiger partial charge in [0.1, 0.15) is 18.1 Å². The lowest BCUT2D eigenvalue weighted by atomic mass is 9.87. The Morgan fingerprint density at radius 3 is 2.23 bits per heavy atom. The summed E-state index contributed by atoms with van der Waals surface area (Å²) in [5.74, 6) is -0.0898. The van der Waals surface area contributed by atoms with Crippen LogP contribution in [0.15, 0.2) is 71.6 Å². The highest BCUT2D eigenvalue weighted by Crippen LogP contribution is 2.26. The first kappa shape index (κ1) is 26.2. The quantitative estimate of drug-likeness (QED) is 0.430. The Morgan fingerprint density at radius 1 is 1.00 bits per heavy atom. The van der Waals surface area contributed by atoms with Crippen LogP contribution >= 0.6 is 0 Å². The van der Waals surface area contributed by atoms with E-state index in [2.05, 4.69) is 31.1 Å². The standard InChI is InChI=1S/C26H31N3O5S/c1-26(2,3)20-10-8-19(9-11-20)17-29(35(32,33)23-14-12-22(34-4)13-15-23)18-21-6-5-7-24(28-21)27-16-25(30)31/h5-15H,16-18H2,1-4H3,(H,27,28)(H,30,31). The van der Waals surface area contributed by atoms with E-state index in [4.69, 9.17) is 9.84 Å². The Morgan fingerprint density at radius 2 is 1.66 bits per heavy atom. The summed E-state index contributed by atoms with van der Waals surface area (Å²) < 4.78 is 33.8. The molecule has 0 radical (unpaired) electrons. The molecule has 35 heavy (non-hydrogen) atoms. The highest BCUT2D eigenvalue weighted by atomic mass is 32.2. The van der Waals surface area contributed by atoms with Crippen LogP contribution in [0.5, 0.6) is 5.75 Å². The second-order valence-corrected chi connectivity index (χ2v) is 11.1. The minimum Gasteiger partial charge on any atom is -0.497 e. The van der Waals surface area contributed by atoms with Crippen molar-refractivity contribution in [3.63, 3.8) is 0 Å². The SMILES string of the molecule is COc1ccc(S(=O)(=O)N(Cc2ccc(C(C)(C)C)cc2)Cc2cccc(NCC(=O)O)n2)cc1. The molecule has 0 fully saturated rings. The van der Waals surface area contributed by atoms with Crippen molar-refractivity contribution in [3.8, 4) is 5.75 Å². The Balaban J connectivity index is 1.93. The van der Waals surface area contributed by atoms with Gasteiger partial charge in [0.05, 0.1) is 24.2 Å². The summed E-state index contributed by atoms with van der Waals surface area (Å²) in [7, 11) is -2.35. The van der Waals surface area contributed by atoms with Crippen LogP contribution in [-0.4, -0.2) is 42.4 Å². The lowest BCUT2D eigenvalue weighted by molar-refractivity contribution is -0.134. The molecule has 3 aromatic rings. The number of sulfonamides is 1. The van der Waals surface area contributed by atoms with Crippen LogP contribution in [0.1, 0.15) is 37.6 Å². The van der Waals surface area contributed by atoms with Crippen molar-refractivity contribution >= 4 is 21.8 Å². The van der Waals surface area contributed by atoms with Gasteiger partial charge in [0, 0.05) is 6.54 Å². The van der Waals surface area contributed by atoms with Crippen LogP contribution in [0.2, 0.25) is 0 Å². The van der Waals surface area contributed by atoms with E-state index in [0.29, 0.717) is 17.3 Å². The van der Waals surface area contributed by atoms with Gasteiger partial charge in [-0.2, -0.15) is 4.31 Å². The third kappa shape index (κ3) is 7.03. The van der Waals surface area contributed by atoms with Crippen molar-refractivity contribution in [2.45, 2.75) is 44.2 Å². The number of aromatic nitrogens is 1. The number of carboxylic acid groups (broad SMARTS) is 1. The summed E-state index contributed by atoms with van der Waals surface area (Å²) >= 11 is 0. The minimum absolute atomic E-state index is 0.0119. The molecule has 0 bridgehead atoms. The normalized spacial score (nSPS) is 11.9. The van der Waals surface area contributed by atoms with E-state index in [9.17, 15) is 13.2 Å². The molecule has 0 atom stereocenters. The molecule has 186 valence electrons. The maximum absolute atomic E-state index is 13.6. The molecule has 1 aromatic heterocycles. The van der Waals surface area contributed by atoms with E-state index < -0.39 is 16.0 Å². The summed E-state index contributed by atoms with van der Waals surface area (Å²) in [6.07, 6.45) is 0. The number of anilines is 1. The van der Waals surface area contributed by atoms with Crippen molar-refractivity contribution in [1.29, 1.82) is 0 Å². The van der Waals surface area contributed by atoms with Gasteiger partial charge in [0.25, 0.3) is 0 Å². The number of carbonyl (C=O) groups is 1. The summed E-state index contributed by atoms with van der Waals surface area (Å²) in [6.45, 7) is 6.24. The highest BCUT2D eigenvalue weighted by Gasteiger charge is 2.26. The van der Waals surface area contributed by atoms with E-state index in [1.807, 2.05) is 24.3 Å². The Hall–Kier alpha value is -3.43. The predicted octanol–water partition coefficient (Wildman–Crippen LogP) is 4.28. The molecule has 3 rings (SSSR count). The first-order chi connectivity index (χ1) is 16.5. The van der Waals surface area contributed by atoms with Gasteiger partial charge in [-0.05, 0) is 52.9 Å². The molecule has 0 unspecified atom stereocenters. The van der Waals surface area contributed by atoms with Gasteiger partial charge in [0.2, 0.25) is 10.0 Å². The van der Waals surface area contributed by atoms with Gasteiger partial charge in [0.15, 0.2) is 0 Å². The summed E-state index contributed by atoms with van der Waals surface area (Å²) in [5, 5.41) is 11.6. The fourth-order valence-corrected chi connectivity index (χ4v) is 4.85. The van der Waals surface area contributed by atoms with Crippen molar-refractivity contribution < 1.29 is 23.1 Å². The molecular formula is C26H31N3O5S. The molecule has 0 spiro atoms. The molecule has 0 aliphatic rings. The Kier molecular flexibility index (Phi) is 8.14. The van der Waals surface area contributed by atoms with Crippen molar-refractivity contribution in [1.82, 2.24) is 9.29 Å². The van der Waals surface area contributed by atoms with Crippen molar-refractivity contribution in [2.75, 3.05) is 19.0 Å². The molecule has 8 nitrogen and oxygen atoms in total. The molecular weight excluding hydrogens is 466 g/mol. The van der Waals surface area contributed by atoms with E-state index in [0.717, 1.165) is 11.1 Å². The van der Waals surface area contributed by atoms with Crippen molar-refractivity contribution in [2.24, 2.45) is 0 Å². The van der Waals surface area contributed by atoms with Gasteiger partial charge in [-0.15, -0.1) is 0 Å². The predicted molar refractivity (Wildman–Crippen MR) is 135 cm³/mol. The number of methoxy groups -OCH3 is 1. The van der Waals surface area contributed by atoms with Gasteiger partial charge in [-0.1, -0.05) is 51.1 Å². The zero-order valence-electron chi connectivity index (χ0n) is 20.4. The third-order valence-electron chi connectivity index (χ3n) is 5.44. The summed E-state index contributed by atoms with van der Waals surface area (Å²) in [6, 6.07) is 19.2. The van der Waals surface area contributed by atoms with Gasteiger partial charge in [-0.3, -0.25) is 4.79 Å². The molecule has 2 aromatic carbocycles. The zero-order valence-corrected chi connectivity index (χ0v) is 21.2. The van der Waals surface area contributed by atoms with E-state index in [1.165, 1.54) is 23.5 Å². The van der Waals surface area contributed by atoms with E-state index in [1.54, 1.807) is 30.3 Å². The lowest BCUT2D eigenvalue weighted by Gasteiger charge is -2.24. The number of nitrogens with one attached hydrogen (secondary N) is 1. The van der Waals surface area contributed by atoms with Crippen LogP contribution in [0, 0.1) is 0 Å². The molecule has 2 N–H and O–H groups in total. The van der Waals surface area contributed by atoms with Crippen LogP contribution in [0.25, 0.3) is 0 Å². The van der Waals surface area contributed by atoms with Crippen LogP contribution in [0.4, 0.5) is 5.82 Å². The van der Waals surface area contributed by atoms with Crippen LogP contribution in [-0.2, 0) is 33.3 Å². The number of benzene rings is 2. The fraction of sp³-hybridized carbons (Fsp3) is 0.308. The Bertz CT molecular complexity index is 1250. The smallest absolute Gasteiger partial charge is 0.322 e. The van der Waals surface area contributed by atoms with Gasteiger partial charge < -0.3 is 15.2 Å². The summed E-state index contributed by atoms with van der Waals surface area (Å²) in [5.41, 5.74) is 2.48. The number of hydrogen-bond donors (Lipinski definition) is 2. The number of hydrogen-bond acceptors (Lipinski definition) is 6. The number of aliphatic carboxylic acids is 1. The van der Waals surface area contributed by atoms with Gasteiger partial charge in [-0.25, -0.2) is 13.4 Å². The maximum atomic E-state index is 13.6. The van der Waals surface area contributed by atoms with E-state index in [-0.39, 0.29) is 29.9 Å². The molecule has 0 saturated carbocycles. The second-order valence-electron chi connectivity index (χ2n) is 9.16. The number of pyridine rings is 1. The first-order valence-corrected chi connectivity index (χ1v) is 12.6. The lowest BCUT2D eigenvalue weighted by Crippen LogP contribution is -2.30. The van der Waals surface area contributed by atoms with Gasteiger partial charge >= 0.3 is 5.97 Å². The minimum atomic E-state index is -3.88. The summed E-state index contributed by atoms with van der Waals surface area (Å²) in [4.78, 5) is 15.4. The van der Waals surface area contributed by atoms with Crippen LogP contribution in [0.3, 0.4) is 0 Å². The first-order valence-electron chi connectivity index (χ1n) is 11.1. The second kappa shape index (κ2) is 10.9. The molecule has 0 amide bonds. The van der Waals surface area contributed by atoms with Crippen molar-refractivity contribution in [3.05, 3.63) is 83.6 Å². The van der Waals surface area contributed by atoms with E-state index >= 15 is 0 Å². The maximum Gasteiger partial charge on any atom is 0.322 e. The number of carboxylic acids is 1. The fourth-order valence-electron chi connectivity index (χ4n) is 3.45. The third-order valence-corrected chi connectivity index (χ3v) is 7.25. The number of rotatable bonds is 10. The average molecular weight is 498 g/mol. The molecule has 0 saturated heterocycles.